The second kappa shape index (κ2) is 7.67. The third kappa shape index (κ3) is 3.39. The number of nitrogens with one attached hydrogen (secondary N) is 4. The Labute approximate surface area is 207 Å². The van der Waals surface area contributed by atoms with Crippen LogP contribution in [0.4, 0.5) is 5.95 Å². The van der Waals surface area contributed by atoms with E-state index in [2.05, 4.69) is 67.0 Å². The number of fused-ring (bicyclic) bond motifs is 2. The first kappa shape index (κ1) is 21.8. The smallest absolute Gasteiger partial charge is 0.293 e. The molecule has 1 unspecified atom stereocenters. The van der Waals surface area contributed by atoms with Gasteiger partial charge < -0.3 is 16.0 Å². The Bertz CT molecular complexity index is 1680. The summed E-state index contributed by atoms with van der Waals surface area (Å²) in [4.78, 5) is 7.26. The number of rotatable bonds is 4. The number of sulfonamides is 1. The second-order valence-corrected chi connectivity index (χ2v) is 12.8. The summed E-state index contributed by atoms with van der Waals surface area (Å²) in [5.41, 5.74) is 8.36. The number of benzene rings is 2. The number of H-pyrrole nitrogens is 2. The average molecular weight is 612 g/mol. The summed E-state index contributed by atoms with van der Waals surface area (Å²) in [6.07, 6.45) is 0.707. The molecule has 34 heavy (non-hydrogen) atoms. The first-order valence-electron chi connectivity index (χ1n) is 10.1. The molecule has 0 aliphatic carbocycles. The summed E-state index contributed by atoms with van der Waals surface area (Å²) < 4.78 is 48.2. The maximum Gasteiger partial charge on any atom is 0.293 e. The molecule has 6 N–H and O–H groups in total. The van der Waals surface area contributed by atoms with E-state index < -0.39 is 19.9 Å². The molecular formula is C18H17IN10O3S2. The van der Waals surface area contributed by atoms with Gasteiger partial charge in [0, 0.05) is 21.7 Å². The number of anilines is 1. The molecule has 1 saturated heterocycles. The van der Waals surface area contributed by atoms with Gasteiger partial charge in [-0.1, -0.05) is 9.83 Å². The van der Waals surface area contributed by atoms with Crippen LogP contribution in [0.3, 0.4) is 0 Å². The number of aromatic amines is 2. The van der Waals surface area contributed by atoms with E-state index in [1.165, 1.54) is 6.07 Å². The molecule has 13 nitrogen and oxygen atoms in total. The monoisotopic (exact) mass is 612 g/mol. The molecule has 0 amide bonds. The zero-order valence-corrected chi connectivity index (χ0v) is 21.0. The van der Waals surface area contributed by atoms with Gasteiger partial charge in [0.2, 0.25) is 5.82 Å². The van der Waals surface area contributed by atoms with Crippen molar-refractivity contribution in [2.45, 2.75) is 22.3 Å². The fourth-order valence-electron chi connectivity index (χ4n) is 4.34. The van der Waals surface area contributed by atoms with Crippen molar-refractivity contribution in [3.05, 3.63) is 27.8 Å². The van der Waals surface area contributed by atoms with E-state index in [-0.39, 0.29) is 33.2 Å². The summed E-state index contributed by atoms with van der Waals surface area (Å²) in [6, 6.07) is 6.77. The molecule has 4 aromatic rings. The zero-order chi connectivity index (χ0) is 23.7. The van der Waals surface area contributed by atoms with Crippen molar-refractivity contribution in [3.8, 4) is 22.5 Å². The minimum absolute atomic E-state index is 0.0346. The molecule has 1 fully saturated rings. The van der Waals surface area contributed by atoms with Crippen molar-refractivity contribution >= 4 is 59.5 Å². The number of hydrogen-bond donors (Lipinski definition) is 5. The lowest BCUT2D eigenvalue weighted by atomic mass is 9.98. The van der Waals surface area contributed by atoms with Crippen LogP contribution in [0.2, 0.25) is 0 Å². The minimum Gasteiger partial charge on any atom is -0.369 e. The number of halogens is 1. The van der Waals surface area contributed by atoms with E-state index >= 15 is 0 Å². The number of nitrogens with two attached hydrogens (primary N) is 1. The van der Waals surface area contributed by atoms with Gasteiger partial charge in [-0.25, -0.2) is 13.9 Å². The first-order chi connectivity index (χ1) is 16.2. The molecule has 176 valence electrons. The van der Waals surface area contributed by atoms with Gasteiger partial charge in [-0.2, -0.15) is 13.6 Å². The number of hydrogen-bond acceptors (Lipinski definition) is 9. The number of imidazole rings is 1. The Morgan fingerprint density at radius 1 is 1.18 bits per heavy atom. The standard InChI is InChI=1S/C18H17IN10O3S2/c19-8-5-11(15-12(6-8)22-18(20)23-15)10-1-2-13-16(14(10)17-24-27-28-25-17)34(31,32)29-33(13,30)26-9-3-4-21-7-9/h1-2,5-6,9,21H,3-4,7H2,(H3,20,22,23)(H,26,29,30)(H,24,25,27,28)/t9-,33?/m1/s1. The molecule has 6 rings (SSSR count). The van der Waals surface area contributed by atoms with Crippen molar-refractivity contribution in [1.29, 1.82) is 0 Å². The van der Waals surface area contributed by atoms with Crippen molar-refractivity contribution in [1.82, 2.24) is 40.6 Å². The Morgan fingerprint density at radius 3 is 2.76 bits per heavy atom. The minimum atomic E-state index is -4.31. The van der Waals surface area contributed by atoms with Crippen molar-refractivity contribution in [2.75, 3.05) is 18.8 Å². The number of nitrogens with zero attached hydrogens (tertiary/aromatic N) is 5. The van der Waals surface area contributed by atoms with Crippen LogP contribution in [0.1, 0.15) is 6.42 Å². The lowest BCUT2D eigenvalue weighted by Gasteiger charge is -2.15. The molecule has 0 saturated carbocycles. The molecule has 2 aromatic carbocycles. The lowest BCUT2D eigenvalue weighted by molar-refractivity contribution is 0.598. The van der Waals surface area contributed by atoms with Gasteiger partial charge in [-0.15, -0.1) is 10.2 Å². The molecule has 16 heteroatoms. The molecule has 4 heterocycles. The molecule has 0 spiro atoms. The van der Waals surface area contributed by atoms with Gasteiger partial charge in [0.25, 0.3) is 10.0 Å². The highest BCUT2D eigenvalue weighted by Crippen LogP contribution is 2.45. The van der Waals surface area contributed by atoms with Crippen LogP contribution in [-0.4, -0.2) is 62.4 Å². The van der Waals surface area contributed by atoms with Gasteiger partial charge in [0.1, 0.15) is 4.90 Å². The summed E-state index contributed by atoms with van der Waals surface area (Å²) in [7, 11) is -7.76. The molecule has 2 aliphatic rings. The largest absolute Gasteiger partial charge is 0.369 e. The number of tetrazole rings is 1. The Hall–Kier alpha value is -2.67. The average Bonchev–Trinajstić information content (AvgIpc) is 3.55. The summed E-state index contributed by atoms with van der Waals surface area (Å²) in [6.45, 7) is 1.31. The summed E-state index contributed by atoms with van der Waals surface area (Å²) in [5.74, 6) is 0.257. The van der Waals surface area contributed by atoms with E-state index in [9.17, 15) is 12.6 Å². The zero-order valence-electron chi connectivity index (χ0n) is 17.2. The fraction of sp³-hybridized carbons (Fsp3) is 0.222. The summed E-state index contributed by atoms with van der Waals surface area (Å²) in [5, 5.41) is 17.2. The van der Waals surface area contributed by atoms with Crippen LogP contribution in [-0.2, 0) is 19.9 Å². The van der Waals surface area contributed by atoms with Crippen LogP contribution in [0.25, 0.3) is 33.5 Å². The highest BCUT2D eigenvalue weighted by atomic mass is 127. The predicted molar refractivity (Wildman–Crippen MR) is 132 cm³/mol. The van der Waals surface area contributed by atoms with Crippen LogP contribution in [0.15, 0.2) is 37.8 Å². The molecule has 0 radical (unpaired) electrons. The van der Waals surface area contributed by atoms with Gasteiger partial charge in [-0.3, -0.25) is 0 Å². The molecule has 2 aromatic heterocycles. The molecular weight excluding hydrogens is 595 g/mol. The van der Waals surface area contributed by atoms with E-state index in [1.54, 1.807) is 6.07 Å². The Balaban J connectivity index is 1.66. The maximum atomic E-state index is 13.8. The highest BCUT2D eigenvalue weighted by molar-refractivity contribution is 14.1. The fourth-order valence-corrected chi connectivity index (χ4v) is 9.68. The lowest BCUT2D eigenvalue weighted by Crippen LogP contribution is -2.35. The van der Waals surface area contributed by atoms with E-state index in [1.807, 2.05) is 12.1 Å². The topological polar surface area (TPSA) is 197 Å². The third-order valence-corrected chi connectivity index (χ3v) is 10.6. The number of nitrogen functional groups attached to an aromatic ring is 1. The Morgan fingerprint density at radius 2 is 2.03 bits per heavy atom. The number of aromatic nitrogens is 6. The van der Waals surface area contributed by atoms with E-state index in [0.29, 0.717) is 35.1 Å². The van der Waals surface area contributed by atoms with Crippen LogP contribution < -0.4 is 15.8 Å². The normalized spacial score (nSPS) is 23.3. The van der Waals surface area contributed by atoms with Gasteiger partial charge in [-0.05, 0) is 64.5 Å². The van der Waals surface area contributed by atoms with Crippen molar-refractivity contribution in [3.63, 3.8) is 0 Å². The SMILES string of the molecule is Nc1nc2c(-c3ccc4c(c3-c3nn[nH]n3)S(=O)(=O)N=S4(=O)N[C@@H]3CCNC3)cc(I)cc2[nH]1. The third-order valence-electron chi connectivity index (χ3n) is 5.70. The summed E-state index contributed by atoms with van der Waals surface area (Å²) >= 11 is 2.15. The van der Waals surface area contributed by atoms with Crippen molar-refractivity contribution in [2.24, 2.45) is 3.77 Å². The quantitative estimate of drug-likeness (QED) is 0.209. The molecule has 2 atom stereocenters. The van der Waals surface area contributed by atoms with Crippen LogP contribution >= 0.6 is 22.6 Å². The predicted octanol–water partition coefficient (Wildman–Crippen LogP) is 0.992. The van der Waals surface area contributed by atoms with Crippen LogP contribution in [0, 0.1) is 3.57 Å². The molecule has 0 bridgehead atoms. The first-order valence-corrected chi connectivity index (χ1v) is 14.2. The maximum absolute atomic E-state index is 13.8. The second-order valence-electron chi connectivity index (χ2n) is 7.91. The van der Waals surface area contributed by atoms with Gasteiger partial charge in [0.05, 0.1) is 21.5 Å². The highest BCUT2D eigenvalue weighted by Gasteiger charge is 2.40. The van der Waals surface area contributed by atoms with Gasteiger partial charge in [0.15, 0.2) is 15.9 Å². The van der Waals surface area contributed by atoms with E-state index in [0.717, 1.165) is 10.1 Å². The Kier molecular flexibility index (Phi) is 4.93. The van der Waals surface area contributed by atoms with Crippen molar-refractivity contribution < 1.29 is 12.6 Å². The van der Waals surface area contributed by atoms with E-state index in [4.69, 9.17) is 5.73 Å². The van der Waals surface area contributed by atoms with Crippen LogP contribution in [0.5, 0.6) is 0 Å². The van der Waals surface area contributed by atoms with Gasteiger partial charge >= 0.3 is 0 Å². The molecule has 2 aliphatic heterocycles.